The number of ether oxygens (including phenoxy) is 1. The maximum atomic E-state index is 12.4. The number of esters is 1. The first-order chi connectivity index (χ1) is 10.9. The zero-order valence-corrected chi connectivity index (χ0v) is 14.5. The first-order valence-corrected chi connectivity index (χ1v) is 7.57. The Balaban J connectivity index is 2.33. The second kappa shape index (κ2) is 5.99. The third-order valence-electron chi connectivity index (χ3n) is 3.61. The van der Waals surface area contributed by atoms with Crippen molar-refractivity contribution in [3.63, 3.8) is 0 Å². The second-order valence-electron chi connectivity index (χ2n) is 7.14. The number of pyridine rings is 1. The predicted molar refractivity (Wildman–Crippen MR) is 87.4 cm³/mol. The highest BCUT2D eigenvalue weighted by molar-refractivity contribution is 5.78. The molecule has 0 radical (unpaired) electrons. The van der Waals surface area contributed by atoms with Crippen molar-refractivity contribution in [2.45, 2.75) is 45.9 Å². The van der Waals surface area contributed by atoms with E-state index in [0.717, 1.165) is 0 Å². The van der Waals surface area contributed by atoms with Crippen LogP contribution in [0, 0.1) is 5.41 Å². The van der Waals surface area contributed by atoms with Crippen LogP contribution in [0.1, 0.15) is 40.5 Å². The van der Waals surface area contributed by atoms with E-state index in [1.54, 1.807) is 45.2 Å². The Kier molecular flexibility index (Phi) is 4.52. The Hall–Kier alpha value is -2.25. The topological polar surface area (TPSA) is 111 Å². The van der Waals surface area contributed by atoms with Crippen LogP contribution in [0.2, 0.25) is 0 Å². The molecule has 7 nitrogen and oxygen atoms in total. The third kappa shape index (κ3) is 3.47. The van der Waals surface area contributed by atoms with E-state index in [1.807, 2.05) is 0 Å². The first kappa shape index (κ1) is 18.1. The molecule has 0 fully saturated rings. The van der Waals surface area contributed by atoms with Crippen molar-refractivity contribution in [3.05, 3.63) is 36.5 Å². The van der Waals surface area contributed by atoms with Gasteiger partial charge in [0, 0.05) is 6.20 Å². The molecule has 0 aliphatic rings. The third-order valence-corrected chi connectivity index (χ3v) is 3.61. The minimum atomic E-state index is -2.15. The Bertz CT molecular complexity index is 715. The SMILES string of the molecule is CC(C)(C)OC(=O)C(C)(C)C(N)(O)c1ncc(-c2ccccn2)o1. The van der Waals surface area contributed by atoms with E-state index in [9.17, 15) is 9.90 Å². The molecule has 2 rings (SSSR count). The summed E-state index contributed by atoms with van der Waals surface area (Å²) in [6, 6.07) is 5.30. The van der Waals surface area contributed by atoms with E-state index in [1.165, 1.54) is 20.0 Å². The number of nitrogens with zero attached hydrogens (tertiary/aromatic N) is 2. The molecule has 0 saturated carbocycles. The lowest BCUT2D eigenvalue weighted by Gasteiger charge is -2.36. The monoisotopic (exact) mass is 333 g/mol. The summed E-state index contributed by atoms with van der Waals surface area (Å²) in [6.45, 7) is 8.17. The predicted octanol–water partition coefficient (Wildman–Crippen LogP) is 2.21. The van der Waals surface area contributed by atoms with Gasteiger partial charge in [0.15, 0.2) is 5.76 Å². The number of hydrogen-bond acceptors (Lipinski definition) is 7. The van der Waals surface area contributed by atoms with Gasteiger partial charge >= 0.3 is 5.97 Å². The van der Waals surface area contributed by atoms with Crippen LogP contribution in [0.25, 0.3) is 11.5 Å². The summed E-state index contributed by atoms with van der Waals surface area (Å²) in [4.78, 5) is 20.6. The van der Waals surface area contributed by atoms with Gasteiger partial charge < -0.3 is 14.3 Å². The number of aliphatic hydroxyl groups is 1. The van der Waals surface area contributed by atoms with Crippen molar-refractivity contribution in [2.24, 2.45) is 11.1 Å². The maximum absolute atomic E-state index is 12.4. The van der Waals surface area contributed by atoms with E-state index < -0.39 is 22.7 Å². The molecule has 0 aliphatic carbocycles. The maximum Gasteiger partial charge on any atom is 0.316 e. The van der Waals surface area contributed by atoms with Crippen LogP contribution < -0.4 is 5.73 Å². The van der Waals surface area contributed by atoms with Crippen molar-refractivity contribution in [1.29, 1.82) is 0 Å². The molecular weight excluding hydrogens is 310 g/mol. The van der Waals surface area contributed by atoms with Gasteiger partial charge in [-0.15, -0.1) is 0 Å². The average Bonchev–Trinajstić information content (AvgIpc) is 2.96. The number of carbonyl (C=O) groups excluding carboxylic acids is 1. The molecule has 0 spiro atoms. The van der Waals surface area contributed by atoms with Crippen LogP contribution in [0.4, 0.5) is 0 Å². The fourth-order valence-corrected chi connectivity index (χ4v) is 1.91. The molecule has 0 amide bonds. The Labute approximate surface area is 140 Å². The van der Waals surface area contributed by atoms with Gasteiger partial charge in [0.1, 0.15) is 16.7 Å². The number of rotatable bonds is 4. The summed E-state index contributed by atoms with van der Waals surface area (Å²) in [7, 11) is 0. The van der Waals surface area contributed by atoms with E-state index >= 15 is 0 Å². The summed E-state index contributed by atoms with van der Waals surface area (Å²) in [6.07, 6.45) is 3.01. The number of nitrogens with two attached hydrogens (primary N) is 1. The standard InChI is InChI=1S/C17H23N3O4/c1-15(2,3)24-14(21)16(4,5)17(18,22)13-20-10-12(23-13)11-8-6-7-9-19-11/h6-10,22H,18H2,1-5H3. The quantitative estimate of drug-likeness (QED) is 0.651. The van der Waals surface area contributed by atoms with Crippen LogP contribution >= 0.6 is 0 Å². The van der Waals surface area contributed by atoms with Crippen LogP contribution in [0.3, 0.4) is 0 Å². The lowest BCUT2D eigenvalue weighted by molar-refractivity contribution is -0.186. The molecule has 0 aliphatic heterocycles. The van der Waals surface area contributed by atoms with Gasteiger partial charge in [-0.1, -0.05) is 6.07 Å². The molecule has 7 heteroatoms. The largest absolute Gasteiger partial charge is 0.459 e. The average molecular weight is 333 g/mol. The number of oxazole rings is 1. The number of hydrogen-bond donors (Lipinski definition) is 2. The molecule has 0 bridgehead atoms. The van der Waals surface area contributed by atoms with Crippen LogP contribution in [0.15, 0.2) is 35.0 Å². The summed E-state index contributed by atoms with van der Waals surface area (Å²) >= 11 is 0. The highest BCUT2D eigenvalue weighted by Crippen LogP contribution is 2.38. The summed E-state index contributed by atoms with van der Waals surface area (Å²) in [5.41, 5.74) is 2.21. The van der Waals surface area contributed by atoms with Crippen molar-refractivity contribution in [3.8, 4) is 11.5 Å². The van der Waals surface area contributed by atoms with Crippen LogP contribution in [0.5, 0.6) is 0 Å². The van der Waals surface area contributed by atoms with Gasteiger partial charge in [0.2, 0.25) is 11.6 Å². The molecule has 1 unspecified atom stereocenters. The van der Waals surface area contributed by atoms with Gasteiger partial charge in [-0.05, 0) is 46.8 Å². The molecule has 24 heavy (non-hydrogen) atoms. The minimum Gasteiger partial charge on any atom is -0.459 e. The second-order valence-corrected chi connectivity index (χ2v) is 7.14. The van der Waals surface area contributed by atoms with Gasteiger partial charge in [0.25, 0.3) is 0 Å². The zero-order valence-electron chi connectivity index (χ0n) is 14.5. The summed E-state index contributed by atoms with van der Waals surface area (Å²) in [5.74, 6) is -0.494. The van der Waals surface area contributed by atoms with Crippen molar-refractivity contribution in [2.75, 3.05) is 0 Å². The minimum absolute atomic E-state index is 0.181. The fraction of sp³-hybridized carbons (Fsp3) is 0.471. The molecule has 130 valence electrons. The van der Waals surface area contributed by atoms with Gasteiger partial charge in [-0.2, -0.15) is 0 Å². The molecule has 2 aromatic rings. The zero-order chi connectivity index (χ0) is 18.2. The lowest BCUT2D eigenvalue weighted by Crippen LogP contribution is -2.55. The molecule has 2 heterocycles. The van der Waals surface area contributed by atoms with Gasteiger partial charge in [-0.3, -0.25) is 15.5 Å². The fourth-order valence-electron chi connectivity index (χ4n) is 1.91. The lowest BCUT2D eigenvalue weighted by atomic mass is 9.81. The van der Waals surface area contributed by atoms with Crippen molar-refractivity contribution in [1.82, 2.24) is 9.97 Å². The molecule has 0 saturated heterocycles. The molecule has 0 aromatic carbocycles. The van der Waals surface area contributed by atoms with Gasteiger partial charge in [0.05, 0.1) is 6.20 Å². The van der Waals surface area contributed by atoms with Crippen LogP contribution in [-0.2, 0) is 15.3 Å². The number of carbonyl (C=O) groups is 1. The Morgan fingerprint density at radius 3 is 2.42 bits per heavy atom. The van der Waals surface area contributed by atoms with E-state index in [0.29, 0.717) is 11.5 Å². The van der Waals surface area contributed by atoms with E-state index in [2.05, 4.69) is 9.97 Å². The summed E-state index contributed by atoms with van der Waals surface area (Å²) in [5, 5.41) is 10.7. The smallest absolute Gasteiger partial charge is 0.316 e. The molecule has 1 atom stereocenters. The highest BCUT2D eigenvalue weighted by atomic mass is 16.6. The van der Waals surface area contributed by atoms with Crippen molar-refractivity contribution >= 4 is 5.97 Å². The van der Waals surface area contributed by atoms with Crippen molar-refractivity contribution < 1.29 is 19.1 Å². The summed E-state index contributed by atoms with van der Waals surface area (Å²) < 4.78 is 10.9. The Morgan fingerprint density at radius 1 is 1.21 bits per heavy atom. The van der Waals surface area contributed by atoms with E-state index in [-0.39, 0.29) is 5.89 Å². The molecule has 2 aromatic heterocycles. The Morgan fingerprint density at radius 2 is 1.88 bits per heavy atom. The first-order valence-electron chi connectivity index (χ1n) is 7.57. The number of aromatic nitrogens is 2. The highest BCUT2D eigenvalue weighted by Gasteiger charge is 2.53. The molecular formula is C17H23N3O4. The van der Waals surface area contributed by atoms with E-state index in [4.69, 9.17) is 14.9 Å². The normalized spacial score (nSPS) is 15.0. The molecule has 3 N–H and O–H groups in total. The van der Waals surface area contributed by atoms with Gasteiger partial charge in [-0.25, -0.2) is 4.98 Å². The van der Waals surface area contributed by atoms with Crippen LogP contribution in [-0.4, -0.2) is 26.6 Å².